The SMILES string of the molecule is Cc1cc(C(=O)Oc2ccc([N+](=O)[O-])c(Cl)c2)ccc1-n1cnnn1. The number of aryl methyl sites for hydroxylation is 1. The Hall–Kier alpha value is -3.33. The maximum absolute atomic E-state index is 12.2. The lowest BCUT2D eigenvalue weighted by Gasteiger charge is -2.08. The van der Waals surface area contributed by atoms with Crippen LogP contribution in [0.25, 0.3) is 5.69 Å². The maximum atomic E-state index is 12.2. The van der Waals surface area contributed by atoms with E-state index < -0.39 is 10.9 Å². The maximum Gasteiger partial charge on any atom is 0.343 e. The highest BCUT2D eigenvalue weighted by atomic mass is 35.5. The molecule has 0 aliphatic carbocycles. The third kappa shape index (κ3) is 3.45. The number of carbonyl (C=O) groups is 1. The highest BCUT2D eigenvalue weighted by Gasteiger charge is 2.16. The Balaban J connectivity index is 1.81. The van der Waals surface area contributed by atoms with Gasteiger partial charge in [-0.05, 0) is 47.2 Å². The molecule has 0 saturated heterocycles. The number of hydrogen-bond donors (Lipinski definition) is 0. The van der Waals surface area contributed by atoms with Crippen molar-refractivity contribution in [3.63, 3.8) is 0 Å². The molecule has 9 nitrogen and oxygen atoms in total. The summed E-state index contributed by atoms with van der Waals surface area (Å²) in [6.07, 6.45) is 1.44. The van der Waals surface area contributed by atoms with Gasteiger partial charge in [-0.1, -0.05) is 11.6 Å². The molecule has 0 atom stereocenters. The molecule has 0 N–H and O–H groups in total. The van der Waals surface area contributed by atoms with Crippen LogP contribution in [0, 0.1) is 17.0 Å². The molecule has 25 heavy (non-hydrogen) atoms. The molecule has 0 bridgehead atoms. The molecule has 126 valence electrons. The van der Waals surface area contributed by atoms with Gasteiger partial charge in [0.05, 0.1) is 16.2 Å². The van der Waals surface area contributed by atoms with Crippen molar-refractivity contribution in [2.24, 2.45) is 0 Å². The molecule has 0 radical (unpaired) electrons. The molecular weight excluding hydrogens is 350 g/mol. The smallest absolute Gasteiger partial charge is 0.343 e. The number of nitro benzene ring substituents is 1. The molecule has 0 spiro atoms. The van der Waals surface area contributed by atoms with Crippen LogP contribution in [0.15, 0.2) is 42.7 Å². The second-order valence-corrected chi connectivity index (χ2v) is 5.42. The number of tetrazole rings is 1. The van der Waals surface area contributed by atoms with Gasteiger partial charge in [-0.15, -0.1) is 5.10 Å². The predicted octanol–water partition coefficient (Wildman–Crippen LogP) is 2.75. The summed E-state index contributed by atoms with van der Waals surface area (Å²) in [7, 11) is 0. The third-order valence-corrected chi connectivity index (χ3v) is 3.66. The molecular formula is C15H10ClN5O4. The summed E-state index contributed by atoms with van der Waals surface area (Å²) in [5.41, 5.74) is 1.54. The quantitative estimate of drug-likeness (QED) is 0.304. The number of ether oxygens (including phenoxy) is 1. The summed E-state index contributed by atoms with van der Waals surface area (Å²) in [6.45, 7) is 1.80. The van der Waals surface area contributed by atoms with E-state index in [1.807, 2.05) is 0 Å². The number of esters is 1. The minimum absolute atomic E-state index is 0.111. The highest BCUT2D eigenvalue weighted by molar-refractivity contribution is 6.32. The van der Waals surface area contributed by atoms with Gasteiger partial charge >= 0.3 is 5.97 Å². The molecule has 0 amide bonds. The van der Waals surface area contributed by atoms with Crippen molar-refractivity contribution in [2.45, 2.75) is 6.92 Å². The minimum Gasteiger partial charge on any atom is -0.423 e. The number of nitrogens with zero attached hydrogens (tertiary/aromatic N) is 5. The van der Waals surface area contributed by atoms with Crippen LogP contribution in [-0.2, 0) is 0 Å². The first-order valence-corrected chi connectivity index (χ1v) is 7.33. The summed E-state index contributed by atoms with van der Waals surface area (Å²) in [6, 6.07) is 8.60. The predicted molar refractivity (Wildman–Crippen MR) is 87.0 cm³/mol. The summed E-state index contributed by atoms with van der Waals surface area (Å²) < 4.78 is 6.68. The van der Waals surface area contributed by atoms with Gasteiger partial charge in [0.1, 0.15) is 17.1 Å². The van der Waals surface area contributed by atoms with Crippen molar-refractivity contribution < 1.29 is 14.5 Å². The summed E-state index contributed by atoms with van der Waals surface area (Å²) in [4.78, 5) is 22.4. The van der Waals surface area contributed by atoms with Crippen molar-refractivity contribution in [3.8, 4) is 11.4 Å². The number of carbonyl (C=O) groups excluding carboxylic acids is 1. The first-order chi connectivity index (χ1) is 12.0. The van der Waals surface area contributed by atoms with E-state index in [0.29, 0.717) is 5.56 Å². The van der Waals surface area contributed by atoms with Gasteiger partial charge < -0.3 is 4.74 Å². The lowest BCUT2D eigenvalue weighted by atomic mass is 10.1. The van der Waals surface area contributed by atoms with E-state index in [0.717, 1.165) is 11.3 Å². The number of nitro groups is 1. The van der Waals surface area contributed by atoms with E-state index in [-0.39, 0.29) is 16.5 Å². The van der Waals surface area contributed by atoms with Crippen LogP contribution in [0.1, 0.15) is 15.9 Å². The molecule has 0 aliphatic heterocycles. The first kappa shape index (κ1) is 16.5. The number of hydrogen-bond acceptors (Lipinski definition) is 7. The second kappa shape index (κ2) is 6.65. The summed E-state index contributed by atoms with van der Waals surface area (Å²) in [5.74, 6) is -0.501. The minimum atomic E-state index is -0.616. The van der Waals surface area contributed by atoms with Crippen molar-refractivity contribution in [2.75, 3.05) is 0 Å². The van der Waals surface area contributed by atoms with E-state index >= 15 is 0 Å². The Labute approximate surface area is 145 Å². The van der Waals surface area contributed by atoms with Crippen LogP contribution in [-0.4, -0.2) is 31.1 Å². The van der Waals surface area contributed by atoms with E-state index in [1.54, 1.807) is 25.1 Å². The zero-order valence-corrected chi connectivity index (χ0v) is 13.5. The Bertz CT molecular complexity index is 959. The Kier molecular flexibility index (Phi) is 4.40. The number of benzene rings is 2. The van der Waals surface area contributed by atoms with Crippen molar-refractivity contribution in [1.82, 2.24) is 20.2 Å². The zero-order chi connectivity index (χ0) is 18.0. The Morgan fingerprint density at radius 1 is 1.28 bits per heavy atom. The monoisotopic (exact) mass is 359 g/mol. The van der Waals surface area contributed by atoms with Gasteiger partial charge in [0.25, 0.3) is 5.69 Å². The average Bonchev–Trinajstić information content (AvgIpc) is 3.08. The fourth-order valence-corrected chi connectivity index (χ4v) is 2.42. The zero-order valence-electron chi connectivity index (χ0n) is 12.8. The van der Waals surface area contributed by atoms with Gasteiger partial charge in [-0.2, -0.15) is 0 Å². The van der Waals surface area contributed by atoms with E-state index in [2.05, 4.69) is 15.5 Å². The van der Waals surface area contributed by atoms with Crippen molar-refractivity contribution in [3.05, 3.63) is 69.0 Å². The molecule has 0 unspecified atom stereocenters. The van der Waals surface area contributed by atoms with Gasteiger partial charge in [0, 0.05) is 12.1 Å². The Morgan fingerprint density at radius 3 is 2.68 bits per heavy atom. The first-order valence-electron chi connectivity index (χ1n) is 6.96. The highest BCUT2D eigenvalue weighted by Crippen LogP contribution is 2.29. The number of halogens is 1. The largest absolute Gasteiger partial charge is 0.423 e. The normalized spacial score (nSPS) is 10.5. The lowest BCUT2D eigenvalue weighted by Crippen LogP contribution is -2.10. The third-order valence-electron chi connectivity index (χ3n) is 3.35. The van der Waals surface area contributed by atoms with Crippen molar-refractivity contribution >= 4 is 23.3 Å². The summed E-state index contributed by atoms with van der Waals surface area (Å²) in [5, 5.41) is 21.5. The van der Waals surface area contributed by atoms with Gasteiger partial charge in [-0.3, -0.25) is 10.1 Å². The van der Waals surface area contributed by atoms with Crippen LogP contribution in [0.5, 0.6) is 5.75 Å². The number of aromatic nitrogens is 4. The molecule has 2 aromatic carbocycles. The van der Waals surface area contributed by atoms with E-state index in [4.69, 9.17) is 16.3 Å². The van der Waals surface area contributed by atoms with Gasteiger partial charge in [0.15, 0.2) is 0 Å². The molecule has 3 aromatic rings. The van der Waals surface area contributed by atoms with Crippen LogP contribution < -0.4 is 4.74 Å². The fraction of sp³-hybridized carbons (Fsp3) is 0.0667. The van der Waals surface area contributed by atoms with Gasteiger partial charge in [-0.25, -0.2) is 9.48 Å². The molecule has 0 aliphatic rings. The molecule has 1 heterocycles. The lowest BCUT2D eigenvalue weighted by molar-refractivity contribution is -0.384. The molecule has 3 rings (SSSR count). The molecule has 1 aromatic heterocycles. The van der Waals surface area contributed by atoms with E-state index in [9.17, 15) is 14.9 Å². The van der Waals surface area contributed by atoms with E-state index in [1.165, 1.54) is 29.2 Å². The van der Waals surface area contributed by atoms with Crippen LogP contribution in [0.4, 0.5) is 5.69 Å². The van der Waals surface area contributed by atoms with Crippen LogP contribution >= 0.6 is 11.6 Å². The topological polar surface area (TPSA) is 113 Å². The molecule has 10 heteroatoms. The molecule has 0 saturated carbocycles. The van der Waals surface area contributed by atoms with Crippen LogP contribution in [0.2, 0.25) is 5.02 Å². The number of rotatable bonds is 4. The summed E-state index contributed by atoms with van der Waals surface area (Å²) >= 11 is 5.80. The van der Waals surface area contributed by atoms with Gasteiger partial charge in [0.2, 0.25) is 0 Å². The second-order valence-electron chi connectivity index (χ2n) is 5.02. The average molecular weight is 360 g/mol. The Morgan fingerprint density at radius 2 is 2.08 bits per heavy atom. The molecule has 0 fully saturated rings. The fourth-order valence-electron chi connectivity index (χ4n) is 2.18. The van der Waals surface area contributed by atoms with Crippen LogP contribution in [0.3, 0.4) is 0 Å². The van der Waals surface area contributed by atoms with Crippen molar-refractivity contribution in [1.29, 1.82) is 0 Å². The standard InChI is InChI=1S/C15H10ClN5O4/c1-9-6-10(2-4-13(9)20-8-17-18-19-20)15(22)25-11-3-5-14(21(23)24)12(16)7-11/h2-8H,1H3.